The van der Waals surface area contributed by atoms with E-state index in [0.717, 1.165) is 37.4 Å². The summed E-state index contributed by atoms with van der Waals surface area (Å²) in [6.07, 6.45) is -0.132. The van der Waals surface area contributed by atoms with Crippen molar-refractivity contribution >= 4 is 17.5 Å². The lowest BCUT2D eigenvalue weighted by Gasteiger charge is -2.64. The summed E-state index contributed by atoms with van der Waals surface area (Å²) in [5, 5.41) is 8.47. The molecule has 9 heteroatoms. The Morgan fingerprint density at radius 3 is 2.57 bits per heavy atom. The topological polar surface area (TPSA) is 80.9 Å². The third-order valence-electron chi connectivity index (χ3n) is 7.36. The van der Waals surface area contributed by atoms with Gasteiger partial charge in [0.25, 0.3) is 0 Å². The quantitative estimate of drug-likeness (QED) is 0.514. The first-order valence-corrected chi connectivity index (χ1v) is 12.2. The van der Waals surface area contributed by atoms with Gasteiger partial charge in [-0.15, -0.1) is 10.2 Å². The molecule has 2 aromatic carbocycles. The van der Waals surface area contributed by atoms with Gasteiger partial charge in [-0.05, 0) is 29.8 Å². The highest BCUT2D eigenvalue weighted by Crippen LogP contribution is 2.50. The van der Waals surface area contributed by atoms with E-state index in [1.54, 1.807) is 4.90 Å². The normalized spacial score (nSPS) is 20.7. The molecule has 3 fully saturated rings. The van der Waals surface area contributed by atoms with Crippen molar-refractivity contribution in [2.24, 2.45) is 5.41 Å². The number of carbonyl (C=O) groups is 1. The molecule has 1 spiro atoms. The fraction of sp³-hybridized carbons (Fsp3) is 0.423. The summed E-state index contributed by atoms with van der Waals surface area (Å²) in [5.41, 5.74) is 2.20. The molecular formula is C26H27ClN4O4. The van der Waals surface area contributed by atoms with Crippen molar-refractivity contribution in [3.63, 3.8) is 0 Å². The maximum Gasteiger partial charge on any atom is 0.311 e. The average Bonchev–Trinajstić information content (AvgIpc) is 3.29. The van der Waals surface area contributed by atoms with Crippen LogP contribution < -0.4 is 4.74 Å². The molecule has 0 aliphatic carbocycles. The first kappa shape index (κ1) is 22.5. The van der Waals surface area contributed by atoms with Crippen molar-refractivity contribution < 1.29 is 18.7 Å². The summed E-state index contributed by atoms with van der Waals surface area (Å²) < 4.78 is 17.5. The fourth-order valence-corrected chi connectivity index (χ4v) is 5.12. The number of nitrogens with zero attached hydrogens (tertiary/aromatic N) is 4. The van der Waals surface area contributed by atoms with Crippen LogP contribution in [0.4, 0.5) is 0 Å². The predicted octanol–water partition coefficient (Wildman–Crippen LogP) is 3.90. The Bertz CT molecular complexity index is 1250. The highest BCUT2D eigenvalue weighted by atomic mass is 35.5. The molecule has 1 amide bonds. The van der Waals surface area contributed by atoms with E-state index < -0.39 is 0 Å². The zero-order chi connectivity index (χ0) is 24.2. The molecule has 0 unspecified atom stereocenters. The van der Waals surface area contributed by atoms with Gasteiger partial charge >= 0.3 is 11.8 Å². The number of aromatic nitrogens is 2. The highest BCUT2D eigenvalue weighted by molar-refractivity contribution is 6.32. The van der Waals surface area contributed by atoms with Crippen molar-refractivity contribution in [2.45, 2.75) is 32.1 Å². The van der Waals surface area contributed by atoms with Gasteiger partial charge in [0.05, 0.1) is 24.7 Å². The van der Waals surface area contributed by atoms with Crippen LogP contribution in [-0.2, 0) is 11.3 Å². The lowest BCUT2D eigenvalue weighted by Crippen LogP contribution is -2.76. The largest absolute Gasteiger partial charge is 0.485 e. The number of hydrogen-bond donors (Lipinski definition) is 0. The number of carbonyl (C=O) groups excluding carboxylic acids is 1. The van der Waals surface area contributed by atoms with Crippen LogP contribution in [0.1, 0.15) is 30.1 Å². The molecule has 35 heavy (non-hydrogen) atoms. The van der Waals surface area contributed by atoms with Crippen LogP contribution in [0, 0.1) is 5.41 Å². The minimum Gasteiger partial charge on any atom is -0.485 e. The Labute approximate surface area is 208 Å². The van der Waals surface area contributed by atoms with Crippen LogP contribution in [0.5, 0.6) is 5.75 Å². The van der Waals surface area contributed by atoms with Crippen molar-refractivity contribution in [1.29, 1.82) is 0 Å². The van der Waals surface area contributed by atoms with E-state index in [9.17, 15) is 4.79 Å². The Balaban J connectivity index is 1.000. The number of amides is 1. The van der Waals surface area contributed by atoms with E-state index in [0.29, 0.717) is 29.8 Å². The van der Waals surface area contributed by atoms with Crippen LogP contribution in [0.3, 0.4) is 0 Å². The van der Waals surface area contributed by atoms with Gasteiger partial charge in [0.15, 0.2) is 0 Å². The highest BCUT2D eigenvalue weighted by Gasteiger charge is 2.61. The van der Waals surface area contributed by atoms with Crippen LogP contribution >= 0.6 is 11.6 Å². The van der Waals surface area contributed by atoms with Crippen LogP contribution in [0.2, 0.25) is 5.02 Å². The number of hydrogen-bond acceptors (Lipinski definition) is 7. The number of halogens is 1. The Morgan fingerprint density at radius 1 is 1.14 bits per heavy atom. The summed E-state index contributed by atoms with van der Waals surface area (Å²) in [5.74, 6) is 0.631. The summed E-state index contributed by atoms with van der Waals surface area (Å²) >= 11 is 6.51. The maximum absolute atomic E-state index is 12.7. The zero-order valence-electron chi connectivity index (χ0n) is 19.7. The van der Waals surface area contributed by atoms with E-state index in [1.165, 1.54) is 0 Å². The maximum atomic E-state index is 12.7. The number of rotatable bonds is 6. The zero-order valence-corrected chi connectivity index (χ0v) is 20.5. The Hall–Kier alpha value is -2.94. The van der Waals surface area contributed by atoms with E-state index >= 15 is 0 Å². The summed E-state index contributed by atoms with van der Waals surface area (Å²) in [7, 11) is 0. The second-order valence-corrected chi connectivity index (χ2v) is 10.7. The second kappa shape index (κ2) is 8.33. The van der Waals surface area contributed by atoms with Crippen LogP contribution in [0.25, 0.3) is 11.5 Å². The molecule has 0 atom stereocenters. The molecule has 0 saturated carbocycles. The molecule has 6 rings (SSSR count). The molecule has 4 heterocycles. The molecule has 8 nitrogen and oxygen atoms in total. The molecule has 3 saturated heterocycles. The lowest BCUT2D eigenvalue weighted by molar-refractivity contribution is -0.308. The van der Waals surface area contributed by atoms with E-state index in [1.807, 2.05) is 48.5 Å². The van der Waals surface area contributed by atoms with Gasteiger partial charge in [-0.1, -0.05) is 49.7 Å². The molecule has 182 valence electrons. The van der Waals surface area contributed by atoms with Gasteiger partial charge in [0.1, 0.15) is 17.5 Å². The third kappa shape index (κ3) is 3.99. The molecule has 1 aromatic heterocycles. The molecule has 3 aromatic rings. The monoisotopic (exact) mass is 494 g/mol. The second-order valence-electron chi connectivity index (χ2n) is 10.3. The predicted molar refractivity (Wildman–Crippen MR) is 129 cm³/mol. The standard InChI is InChI=1S/C26H27ClN4O4/c1-25(2)16-33-26(25)14-30(15-26)11-17-8-9-21(20(27)10-17)34-19-12-31(13-19)24(32)23-29-28-22(35-23)18-6-4-3-5-7-18/h3-10,19H,11-16H2,1-2H3. The van der Waals surface area contributed by atoms with Crippen molar-refractivity contribution in [3.8, 4) is 17.2 Å². The van der Waals surface area contributed by atoms with E-state index in [4.69, 9.17) is 25.5 Å². The van der Waals surface area contributed by atoms with Crippen molar-refractivity contribution in [1.82, 2.24) is 20.0 Å². The molecule has 0 N–H and O–H groups in total. The minimum atomic E-state index is -0.299. The van der Waals surface area contributed by atoms with Gasteiger partial charge < -0.3 is 18.8 Å². The van der Waals surface area contributed by atoms with E-state index in [-0.39, 0.29) is 28.9 Å². The number of likely N-dealkylation sites (tertiary alicyclic amines) is 2. The first-order chi connectivity index (χ1) is 16.8. The number of benzene rings is 2. The summed E-state index contributed by atoms with van der Waals surface area (Å²) in [6, 6.07) is 15.3. The minimum absolute atomic E-state index is 0.0202. The van der Waals surface area contributed by atoms with Gasteiger partial charge in [0.2, 0.25) is 5.89 Å². The van der Waals surface area contributed by atoms with Gasteiger partial charge in [0, 0.05) is 30.6 Å². The van der Waals surface area contributed by atoms with Crippen molar-refractivity contribution in [2.75, 3.05) is 32.8 Å². The van der Waals surface area contributed by atoms with E-state index in [2.05, 4.69) is 28.9 Å². The fourth-order valence-electron chi connectivity index (χ4n) is 4.87. The van der Waals surface area contributed by atoms with Gasteiger partial charge in [-0.3, -0.25) is 9.69 Å². The van der Waals surface area contributed by atoms with Crippen LogP contribution in [0.15, 0.2) is 52.9 Å². The smallest absolute Gasteiger partial charge is 0.311 e. The Morgan fingerprint density at radius 2 is 1.91 bits per heavy atom. The first-order valence-electron chi connectivity index (χ1n) is 11.8. The molecule has 0 radical (unpaired) electrons. The average molecular weight is 495 g/mol. The third-order valence-corrected chi connectivity index (χ3v) is 7.66. The SMILES string of the molecule is CC1(C)COC12CN(Cc1ccc(OC3CN(C(=O)c4nnc(-c5ccccc5)o4)C3)c(Cl)c1)C2. The summed E-state index contributed by atoms with van der Waals surface area (Å²) in [4.78, 5) is 16.7. The van der Waals surface area contributed by atoms with Gasteiger partial charge in [-0.2, -0.15) is 0 Å². The molecular weight excluding hydrogens is 468 g/mol. The van der Waals surface area contributed by atoms with Gasteiger partial charge in [-0.25, -0.2) is 0 Å². The molecule has 3 aliphatic heterocycles. The molecule has 0 bridgehead atoms. The Kier molecular flexibility index (Phi) is 5.36. The van der Waals surface area contributed by atoms with Crippen LogP contribution in [-0.4, -0.2) is 70.4 Å². The lowest BCUT2D eigenvalue weighted by atomic mass is 9.66. The van der Waals surface area contributed by atoms with Crippen molar-refractivity contribution in [3.05, 3.63) is 65.0 Å². The number of ether oxygens (including phenoxy) is 2. The summed E-state index contributed by atoms with van der Waals surface area (Å²) in [6.45, 7) is 9.00. The molecule has 3 aliphatic rings.